The number of rotatable bonds is 6. The topological polar surface area (TPSA) is 94.2 Å². The summed E-state index contributed by atoms with van der Waals surface area (Å²) in [5.74, 6) is -0.0832. The number of carbonyl (C=O) groups is 1. The Morgan fingerprint density at radius 2 is 1.94 bits per heavy atom. The monoisotopic (exact) mass is 432 g/mol. The second-order valence-electron chi connectivity index (χ2n) is 8.67. The Hall–Kier alpha value is -3.26. The minimum atomic E-state index is -0.0832. The Balaban J connectivity index is 1.18. The Morgan fingerprint density at radius 3 is 2.62 bits per heavy atom. The van der Waals surface area contributed by atoms with Crippen LogP contribution >= 0.6 is 0 Å². The van der Waals surface area contributed by atoms with Crippen LogP contribution in [0.15, 0.2) is 41.5 Å². The van der Waals surface area contributed by atoms with Gasteiger partial charge in [-0.2, -0.15) is 0 Å². The minimum absolute atomic E-state index is 0.0304. The number of aromatic amines is 1. The number of carbonyl (C=O) groups excluding carboxylic acids is 1. The molecule has 1 saturated carbocycles. The molecule has 0 atom stereocenters. The molecule has 0 radical (unpaired) electrons. The van der Waals surface area contributed by atoms with E-state index in [4.69, 9.17) is 0 Å². The molecule has 1 aliphatic carbocycles. The predicted molar refractivity (Wildman–Crippen MR) is 124 cm³/mol. The molecule has 1 aliphatic heterocycles. The highest BCUT2D eigenvalue weighted by Gasteiger charge is 2.24. The summed E-state index contributed by atoms with van der Waals surface area (Å²) < 4.78 is 0. The van der Waals surface area contributed by atoms with Crippen molar-refractivity contribution >= 4 is 22.6 Å². The molecule has 2 aliphatic rings. The molecule has 2 fully saturated rings. The fraction of sp³-hybridized carbons (Fsp3) is 0.417. The van der Waals surface area contributed by atoms with Crippen LogP contribution in [0.2, 0.25) is 0 Å². The van der Waals surface area contributed by atoms with Crippen LogP contribution in [0.25, 0.3) is 11.0 Å². The van der Waals surface area contributed by atoms with E-state index in [0.29, 0.717) is 18.2 Å². The third-order valence-corrected chi connectivity index (χ3v) is 6.24. The maximum Gasteiger partial charge on any atom is 0.270 e. The van der Waals surface area contributed by atoms with Crippen LogP contribution in [0.3, 0.4) is 0 Å². The highest BCUT2D eigenvalue weighted by Crippen LogP contribution is 2.20. The van der Waals surface area contributed by atoms with E-state index < -0.39 is 0 Å². The number of aromatic nitrogens is 3. The normalized spacial score (nSPS) is 17.0. The zero-order valence-electron chi connectivity index (χ0n) is 18.3. The SMILES string of the molecule is CCc1cc2ncc(CN3CCN(c4ccc(C(=O)NC5CC5)nc4)CC3)cc2[nH]c1=O. The number of amides is 1. The summed E-state index contributed by atoms with van der Waals surface area (Å²) in [6.07, 6.45) is 6.54. The average molecular weight is 433 g/mol. The van der Waals surface area contributed by atoms with Crippen molar-refractivity contribution in [2.24, 2.45) is 0 Å². The van der Waals surface area contributed by atoms with Crippen LogP contribution in [-0.4, -0.2) is 58.0 Å². The first-order valence-electron chi connectivity index (χ1n) is 11.3. The number of piperazine rings is 1. The summed E-state index contributed by atoms with van der Waals surface area (Å²) >= 11 is 0. The second-order valence-corrected chi connectivity index (χ2v) is 8.67. The first kappa shape index (κ1) is 20.6. The number of fused-ring (bicyclic) bond motifs is 1. The number of hydrogen-bond donors (Lipinski definition) is 2. The van der Waals surface area contributed by atoms with E-state index in [1.165, 1.54) is 0 Å². The average Bonchev–Trinajstić information content (AvgIpc) is 3.63. The molecule has 3 aromatic rings. The Morgan fingerprint density at radius 1 is 1.12 bits per heavy atom. The van der Waals surface area contributed by atoms with E-state index in [-0.39, 0.29) is 11.5 Å². The van der Waals surface area contributed by atoms with E-state index in [9.17, 15) is 9.59 Å². The molecule has 8 nitrogen and oxygen atoms in total. The number of pyridine rings is 3. The van der Waals surface area contributed by atoms with E-state index >= 15 is 0 Å². The van der Waals surface area contributed by atoms with Crippen LogP contribution in [0, 0.1) is 0 Å². The fourth-order valence-electron chi connectivity index (χ4n) is 4.13. The summed E-state index contributed by atoms with van der Waals surface area (Å²) in [5, 5.41) is 2.97. The van der Waals surface area contributed by atoms with E-state index in [1.54, 1.807) is 6.20 Å². The summed E-state index contributed by atoms with van der Waals surface area (Å²) in [7, 11) is 0. The molecule has 0 spiro atoms. The lowest BCUT2D eigenvalue weighted by molar-refractivity contribution is 0.0946. The fourth-order valence-corrected chi connectivity index (χ4v) is 4.13. The van der Waals surface area contributed by atoms with Gasteiger partial charge in [0, 0.05) is 50.5 Å². The lowest BCUT2D eigenvalue weighted by Gasteiger charge is -2.36. The van der Waals surface area contributed by atoms with Crippen molar-refractivity contribution in [1.29, 1.82) is 0 Å². The van der Waals surface area contributed by atoms with Crippen molar-refractivity contribution in [3.05, 3.63) is 63.8 Å². The number of H-pyrrole nitrogens is 1. The molecule has 0 bridgehead atoms. The molecule has 1 saturated heterocycles. The van der Waals surface area contributed by atoms with Gasteiger partial charge in [-0.05, 0) is 49.1 Å². The second kappa shape index (κ2) is 8.70. The van der Waals surface area contributed by atoms with Crippen molar-refractivity contribution in [2.75, 3.05) is 31.1 Å². The Bertz CT molecular complexity index is 1180. The van der Waals surface area contributed by atoms with Gasteiger partial charge < -0.3 is 15.2 Å². The van der Waals surface area contributed by atoms with Crippen molar-refractivity contribution in [1.82, 2.24) is 25.2 Å². The molecule has 32 heavy (non-hydrogen) atoms. The van der Waals surface area contributed by atoms with E-state index in [0.717, 1.165) is 73.4 Å². The van der Waals surface area contributed by atoms with Crippen LogP contribution < -0.4 is 15.8 Å². The van der Waals surface area contributed by atoms with Gasteiger partial charge in [0.05, 0.1) is 22.9 Å². The summed E-state index contributed by atoms with van der Waals surface area (Å²) in [6, 6.07) is 8.05. The zero-order chi connectivity index (χ0) is 22.1. The highest BCUT2D eigenvalue weighted by atomic mass is 16.2. The predicted octanol–water partition coefficient (Wildman–Crippen LogP) is 2.09. The number of anilines is 1. The Kier molecular flexibility index (Phi) is 5.61. The van der Waals surface area contributed by atoms with Gasteiger partial charge in [0.1, 0.15) is 5.69 Å². The molecule has 0 aromatic carbocycles. The lowest BCUT2D eigenvalue weighted by Crippen LogP contribution is -2.46. The maximum absolute atomic E-state index is 12.1. The van der Waals surface area contributed by atoms with Crippen LogP contribution in [0.5, 0.6) is 0 Å². The van der Waals surface area contributed by atoms with Crippen molar-refractivity contribution < 1.29 is 4.79 Å². The van der Waals surface area contributed by atoms with Gasteiger partial charge in [-0.3, -0.25) is 19.5 Å². The van der Waals surface area contributed by atoms with Crippen molar-refractivity contribution in [2.45, 2.75) is 38.8 Å². The molecular weight excluding hydrogens is 404 g/mol. The molecule has 8 heteroatoms. The molecule has 166 valence electrons. The molecule has 4 heterocycles. The third kappa shape index (κ3) is 4.50. The summed E-state index contributed by atoms with van der Waals surface area (Å²) in [5.41, 5.74) is 4.98. The molecular formula is C24H28N6O2. The van der Waals surface area contributed by atoms with Gasteiger partial charge in [-0.15, -0.1) is 0 Å². The summed E-state index contributed by atoms with van der Waals surface area (Å²) in [4.78, 5) is 40.8. The lowest BCUT2D eigenvalue weighted by atomic mass is 10.1. The molecule has 3 aromatic heterocycles. The van der Waals surface area contributed by atoms with Gasteiger partial charge in [0.25, 0.3) is 11.5 Å². The summed E-state index contributed by atoms with van der Waals surface area (Å²) in [6.45, 7) is 6.41. The zero-order valence-corrected chi connectivity index (χ0v) is 18.3. The quantitative estimate of drug-likeness (QED) is 0.620. The van der Waals surface area contributed by atoms with Gasteiger partial charge in [-0.1, -0.05) is 6.92 Å². The Labute approximate surface area is 186 Å². The number of nitrogens with zero attached hydrogens (tertiary/aromatic N) is 4. The largest absolute Gasteiger partial charge is 0.368 e. The van der Waals surface area contributed by atoms with Crippen molar-refractivity contribution in [3.63, 3.8) is 0 Å². The molecule has 0 unspecified atom stereocenters. The number of nitrogens with one attached hydrogen (secondary N) is 2. The standard InChI is InChI=1S/C24H28N6O2/c1-2-17-12-21-22(28-23(17)31)11-16(13-25-21)15-29-7-9-30(10-8-29)19-5-6-20(26-14-19)24(32)27-18-3-4-18/h5-6,11-14,18H,2-4,7-10,15H2,1H3,(H,27,32)(H,28,31). The van der Waals surface area contributed by atoms with E-state index in [2.05, 4.69) is 30.1 Å². The van der Waals surface area contributed by atoms with Gasteiger partial charge in [0.15, 0.2) is 0 Å². The van der Waals surface area contributed by atoms with E-state index in [1.807, 2.05) is 37.4 Å². The van der Waals surface area contributed by atoms with Gasteiger partial charge >= 0.3 is 0 Å². The van der Waals surface area contributed by atoms with Crippen LogP contribution in [-0.2, 0) is 13.0 Å². The molecule has 1 amide bonds. The third-order valence-electron chi connectivity index (χ3n) is 6.24. The number of aryl methyl sites for hydroxylation is 1. The minimum Gasteiger partial charge on any atom is -0.368 e. The first-order chi connectivity index (χ1) is 15.6. The van der Waals surface area contributed by atoms with Crippen molar-refractivity contribution in [3.8, 4) is 0 Å². The molecule has 2 N–H and O–H groups in total. The van der Waals surface area contributed by atoms with Crippen LogP contribution in [0.1, 0.15) is 41.4 Å². The van der Waals surface area contributed by atoms with Gasteiger partial charge in [-0.25, -0.2) is 4.98 Å². The highest BCUT2D eigenvalue weighted by molar-refractivity contribution is 5.92. The first-order valence-corrected chi connectivity index (χ1v) is 11.3. The number of hydrogen-bond acceptors (Lipinski definition) is 6. The van der Waals surface area contributed by atoms with Crippen LogP contribution in [0.4, 0.5) is 5.69 Å². The maximum atomic E-state index is 12.1. The smallest absolute Gasteiger partial charge is 0.270 e. The van der Waals surface area contributed by atoms with Gasteiger partial charge in [0.2, 0.25) is 0 Å². The molecule has 5 rings (SSSR count).